The van der Waals surface area contributed by atoms with E-state index in [9.17, 15) is 0 Å². The van der Waals surface area contributed by atoms with Gasteiger partial charge in [0.05, 0.1) is 0 Å². The highest BCUT2D eigenvalue weighted by atomic mass is 32.1. The van der Waals surface area contributed by atoms with E-state index in [2.05, 4.69) is 17.3 Å². The van der Waals surface area contributed by atoms with Gasteiger partial charge in [-0.25, -0.2) is 0 Å². The van der Waals surface area contributed by atoms with Gasteiger partial charge < -0.3 is 4.90 Å². The highest BCUT2D eigenvalue weighted by Crippen LogP contribution is 2.32. The number of nitrogens with zero attached hydrogens (tertiary/aromatic N) is 1. The van der Waals surface area contributed by atoms with E-state index in [-0.39, 0.29) is 0 Å². The number of hydrogen-bond acceptors (Lipinski definition) is 1. The Hall–Kier alpha value is -0.460. The van der Waals surface area contributed by atoms with Crippen LogP contribution >= 0.6 is 11.2 Å². The Bertz CT molecular complexity index is 256. The molecular formula is C9H13NS. The van der Waals surface area contributed by atoms with Crippen LogP contribution in [0.4, 0.5) is 0 Å². The molecule has 0 unspecified atom stereocenters. The van der Waals surface area contributed by atoms with Gasteiger partial charge in [0.2, 0.25) is 0 Å². The first-order valence-electron chi connectivity index (χ1n) is 4.26. The minimum absolute atomic E-state index is 1.27. The van der Waals surface area contributed by atoms with E-state index in [1.807, 2.05) is 0 Å². The Labute approximate surface area is 71.7 Å². The average Bonchev–Trinajstić information content (AvgIpc) is 2.25. The van der Waals surface area contributed by atoms with Crippen molar-refractivity contribution in [3.05, 3.63) is 10.6 Å². The Morgan fingerprint density at radius 2 is 2.09 bits per heavy atom. The van der Waals surface area contributed by atoms with Gasteiger partial charge in [-0.3, -0.25) is 0 Å². The summed E-state index contributed by atoms with van der Waals surface area (Å²) in [6.07, 6.45) is 6.71. The van der Waals surface area contributed by atoms with Crippen molar-refractivity contribution in [3.63, 3.8) is 0 Å². The monoisotopic (exact) mass is 167 g/mol. The van der Waals surface area contributed by atoms with E-state index in [1.54, 1.807) is 16.1 Å². The van der Waals surface area contributed by atoms with Gasteiger partial charge in [0, 0.05) is 23.0 Å². The molecule has 0 saturated heterocycles. The Balaban J connectivity index is 2.24. The smallest absolute Gasteiger partial charge is 0.0398 e. The molecule has 11 heavy (non-hydrogen) atoms. The molecule has 1 nitrogen and oxygen atoms in total. The third-order valence-corrected chi connectivity index (χ3v) is 3.40. The van der Waals surface area contributed by atoms with Crippen molar-refractivity contribution in [2.24, 2.45) is 0 Å². The molecular weight excluding hydrogens is 154 g/mol. The average molecular weight is 167 g/mol. The zero-order chi connectivity index (χ0) is 7.68. The molecule has 0 aromatic carbocycles. The first kappa shape index (κ1) is 7.20. The predicted octanol–water partition coefficient (Wildman–Crippen LogP) is 2.76. The molecule has 0 fully saturated rings. The molecule has 0 aromatic heterocycles. The van der Waals surface area contributed by atoms with Gasteiger partial charge in [0.15, 0.2) is 0 Å². The fraction of sp³-hybridized carbons (Fsp3) is 0.667. The second-order valence-corrected chi connectivity index (χ2v) is 4.06. The van der Waals surface area contributed by atoms with Gasteiger partial charge in [-0.05, 0) is 25.7 Å². The van der Waals surface area contributed by atoms with E-state index in [1.165, 1.54) is 37.8 Å². The molecule has 1 aliphatic heterocycles. The Kier molecular flexibility index (Phi) is 1.89. The maximum Gasteiger partial charge on any atom is 0.0398 e. The summed E-state index contributed by atoms with van der Waals surface area (Å²) in [7, 11) is 2.11. The van der Waals surface area contributed by atoms with Crippen LogP contribution in [-0.2, 0) is 0 Å². The molecule has 2 heteroatoms. The second-order valence-electron chi connectivity index (χ2n) is 3.18. The quantitative estimate of drug-likeness (QED) is 0.536. The van der Waals surface area contributed by atoms with E-state index in [0.717, 1.165) is 0 Å². The van der Waals surface area contributed by atoms with Gasteiger partial charge in [-0.2, -0.15) is 0 Å². The van der Waals surface area contributed by atoms with E-state index < -0.39 is 0 Å². The molecule has 60 valence electrons. The maximum atomic E-state index is 3.27. The van der Waals surface area contributed by atoms with Gasteiger partial charge >= 0.3 is 0 Å². The number of rotatable bonds is 0. The summed E-state index contributed by atoms with van der Waals surface area (Å²) in [5.74, 6) is 0. The minimum Gasteiger partial charge on any atom is -0.305 e. The van der Waals surface area contributed by atoms with Crippen LogP contribution in [0.5, 0.6) is 0 Å². The molecule has 0 saturated carbocycles. The van der Waals surface area contributed by atoms with E-state index in [4.69, 9.17) is 0 Å². The van der Waals surface area contributed by atoms with Crippen molar-refractivity contribution in [2.45, 2.75) is 32.1 Å². The molecule has 0 atom stereocenters. The topological polar surface area (TPSA) is 3.24 Å². The van der Waals surface area contributed by atoms with Gasteiger partial charge in [0.25, 0.3) is 0 Å². The van der Waals surface area contributed by atoms with Crippen molar-refractivity contribution in [3.8, 4) is 5.31 Å². The highest BCUT2D eigenvalue weighted by molar-refractivity contribution is 7.92. The largest absolute Gasteiger partial charge is 0.305 e. The number of hydrogen-bond donors (Lipinski definition) is 0. The van der Waals surface area contributed by atoms with Crippen LogP contribution in [-0.4, -0.2) is 11.9 Å². The SMILES string of the molecule is CN1C#SC2=C1CCCCC2. The highest BCUT2D eigenvalue weighted by Gasteiger charge is 2.15. The summed E-state index contributed by atoms with van der Waals surface area (Å²) in [4.78, 5) is 3.75. The zero-order valence-electron chi connectivity index (χ0n) is 6.89. The van der Waals surface area contributed by atoms with Gasteiger partial charge in [-0.1, -0.05) is 17.6 Å². The molecule has 0 bridgehead atoms. The van der Waals surface area contributed by atoms with Crippen LogP contribution in [0.2, 0.25) is 0 Å². The third-order valence-electron chi connectivity index (χ3n) is 2.35. The minimum atomic E-state index is 1.27. The van der Waals surface area contributed by atoms with Crippen LogP contribution in [0.1, 0.15) is 32.1 Å². The first-order chi connectivity index (χ1) is 5.38. The summed E-state index contributed by atoms with van der Waals surface area (Å²) in [6, 6.07) is 0. The van der Waals surface area contributed by atoms with Crippen molar-refractivity contribution < 1.29 is 0 Å². The first-order valence-corrected chi connectivity index (χ1v) is 5.08. The molecule has 2 rings (SSSR count). The van der Waals surface area contributed by atoms with Gasteiger partial charge in [0.1, 0.15) is 0 Å². The lowest BCUT2D eigenvalue weighted by molar-refractivity contribution is 0.559. The summed E-state index contributed by atoms with van der Waals surface area (Å²) in [5.41, 5.74) is 1.53. The fourth-order valence-corrected chi connectivity index (χ4v) is 2.64. The van der Waals surface area contributed by atoms with Crippen LogP contribution in [0.25, 0.3) is 0 Å². The molecule has 0 aromatic rings. The summed E-state index contributed by atoms with van der Waals surface area (Å²) >= 11 is 1.80. The van der Waals surface area contributed by atoms with Crippen molar-refractivity contribution in [1.29, 1.82) is 0 Å². The standard InChI is InChI=1S/C9H13NS/c1-10-7-11-9-6-4-2-3-5-8(9)10/h2-6H2,1H3. The zero-order valence-corrected chi connectivity index (χ0v) is 7.71. The molecule has 1 aliphatic carbocycles. The molecule has 0 N–H and O–H groups in total. The summed E-state index contributed by atoms with van der Waals surface area (Å²) < 4.78 is 0. The summed E-state index contributed by atoms with van der Waals surface area (Å²) in [6.45, 7) is 0. The predicted molar refractivity (Wildman–Crippen MR) is 49.4 cm³/mol. The maximum absolute atomic E-state index is 3.27. The van der Waals surface area contributed by atoms with E-state index in [0.29, 0.717) is 0 Å². The van der Waals surface area contributed by atoms with Crippen LogP contribution in [0.15, 0.2) is 10.6 Å². The summed E-state index contributed by atoms with van der Waals surface area (Å²) in [5, 5.41) is 3.27. The van der Waals surface area contributed by atoms with Crippen LogP contribution < -0.4 is 0 Å². The van der Waals surface area contributed by atoms with Gasteiger partial charge in [-0.15, -0.1) is 0 Å². The number of allylic oxidation sites excluding steroid dienone is 2. The molecule has 0 radical (unpaired) electrons. The van der Waals surface area contributed by atoms with Crippen molar-refractivity contribution >= 4 is 11.2 Å². The van der Waals surface area contributed by atoms with Crippen LogP contribution in [0.3, 0.4) is 0 Å². The molecule has 1 heterocycles. The lowest BCUT2D eigenvalue weighted by Gasteiger charge is -2.11. The molecule has 0 spiro atoms. The van der Waals surface area contributed by atoms with Crippen LogP contribution in [0, 0.1) is 5.31 Å². The fourth-order valence-electron chi connectivity index (χ4n) is 1.68. The van der Waals surface area contributed by atoms with Crippen molar-refractivity contribution in [2.75, 3.05) is 7.05 Å². The molecule has 0 amide bonds. The second kappa shape index (κ2) is 2.88. The van der Waals surface area contributed by atoms with E-state index >= 15 is 0 Å². The molecule has 2 aliphatic rings. The lowest BCUT2D eigenvalue weighted by atomic mass is 10.2. The lowest BCUT2D eigenvalue weighted by Crippen LogP contribution is -2.08. The Morgan fingerprint density at radius 3 is 3.00 bits per heavy atom. The Morgan fingerprint density at radius 1 is 1.27 bits per heavy atom. The van der Waals surface area contributed by atoms with Crippen molar-refractivity contribution in [1.82, 2.24) is 4.90 Å². The third kappa shape index (κ3) is 1.29. The normalized spacial score (nSPS) is 23.2.